The Bertz CT molecular complexity index is 1380. The second kappa shape index (κ2) is 11.0. The number of fused-ring (bicyclic) bond motifs is 1. The van der Waals surface area contributed by atoms with E-state index in [1.807, 2.05) is 35.8 Å². The van der Waals surface area contributed by atoms with Crippen LogP contribution in [0.2, 0.25) is 0 Å². The zero-order valence-electron chi connectivity index (χ0n) is 23.1. The van der Waals surface area contributed by atoms with Crippen LogP contribution in [0, 0.1) is 12.8 Å². The van der Waals surface area contributed by atoms with E-state index in [1.54, 1.807) is 0 Å². The molecule has 1 saturated carbocycles. The second-order valence-electron chi connectivity index (χ2n) is 11.7. The molecule has 1 amide bonds. The van der Waals surface area contributed by atoms with Crippen LogP contribution in [0.3, 0.4) is 0 Å². The van der Waals surface area contributed by atoms with E-state index in [0.29, 0.717) is 29.4 Å². The van der Waals surface area contributed by atoms with Gasteiger partial charge in [0.15, 0.2) is 5.65 Å². The predicted octanol–water partition coefficient (Wildman–Crippen LogP) is 3.29. The molecule has 10 heteroatoms. The van der Waals surface area contributed by atoms with Crippen LogP contribution in [0.1, 0.15) is 48.0 Å². The zero-order valence-corrected chi connectivity index (χ0v) is 23.1. The number of rotatable bonds is 9. The molecular formula is C30H38N6O4. The molecule has 0 radical (unpaired) electrons. The first-order valence-electron chi connectivity index (χ1n) is 14.7. The minimum absolute atomic E-state index is 0.00102. The summed E-state index contributed by atoms with van der Waals surface area (Å²) in [6.45, 7) is 8.01. The van der Waals surface area contributed by atoms with Crippen molar-refractivity contribution in [1.82, 2.24) is 24.8 Å². The van der Waals surface area contributed by atoms with Crippen LogP contribution in [-0.4, -0.2) is 89.7 Å². The van der Waals surface area contributed by atoms with Crippen molar-refractivity contribution in [3.63, 3.8) is 0 Å². The fourth-order valence-electron chi connectivity index (χ4n) is 5.89. The number of carbonyl (C=O) groups excluding carboxylic acids is 1. The van der Waals surface area contributed by atoms with Gasteiger partial charge in [-0.05, 0) is 62.1 Å². The van der Waals surface area contributed by atoms with E-state index in [-0.39, 0.29) is 12.0 Å². The number of nitrogens with zero attached hydrogens (tertiary/aromatic N) is 4. The molecule has 3 saturated heterocycles. The Balaban J connectivity index is 1.17. The van der Waals surface area contributed by atoms with Gasteiger partial charge in [0.2, 0.25) is 5.88 Å². The van der Waals surface area contributed by atoms with E-state index >= 15 is 0 Å². The third-order valence-electron chi connectivity index (χ3n) is 8.66. The summed E-state index contributed by atoms with van der Waals surface area (Å²) in [5.41, 5.74) is 4.28. The van der Waals surface area contributed by atoms with Gasteiger partial charge in [0, 0.05) is 56.1 Å². The summed E-state index contributed by atoms with van der Waals surface area (Å²) in [7, 11) is 0. The van der Waals surface area contributed by atoms with Gasteiger partial charge in [-0.15, -0.1) is 0 Å². The molecule has 212 valence electrons. The molecule has 1 aromatic carbocycles. The first-order chi connectivity index (χ1) is 19.6. The Morgan fingerprint density at radius 3 is 2.70 bits per heavy atom. The number of ether oxygens (including phenoxy) is 3. The summed E-state index contributed by atoms with van der Waals surface area (Å²) >= 11 is 0. The lowest BCUT2D eigenvalue weighted by atomic mass is 10.0. The Kier molecular flexibility index (Phi) is 7.07. The number of likely N-dealkylation sites (tertiary alicyclic amines) is 1. The fourth-order valence-corrected chi connectivity index (χ4v) is 5.89. The highest BCUT2D eigenvalue weighted by atomic mass is 16.5. The largest absolute Gasteiger partial charge is 0.473 e. The normalized spacial score (nSPS) is 22.4. The van der Waals surface area contributed by atoms with Gasteiger partial charge in [0.1, 0.15) is 11.9 Å². The summed E-state index contributed by atoms with van der Waals surface area (Å²) in [6, 6.07) is 8.78. The lowest BCUT2D eigenvalue weighted by Crippen LogP contribution is -2.48. The number of carbonyl (C=O) groups is 1. The van der Waals surface area contributed by atoms with E-state index < -0.39 is 0 Å². The molecule has 40 heavy (non-hydrogen) atoms. The van der Waals surface area contributed by atoms with E-state index in [0.717, 1.165) is 106 Å². The number of benzene rings is 1. The topological polar surface area (TPSA) is 102 Å². The van der Waals surface area contributed by atoms with Crippen molar-refractivity contribution in [3.8, 4) is 17.0 Å². The summed E-state index contributed by atoms with van der Waals surface area (Å²) in [4.78, 5) is 20.1. The molecule has 1 atom stereocenters. The molecule has 10 nitrogen and oxygen atoms in total. The van der Waals surface area contributed by atoms with Crippen molar-refractivity contribution in [2.45, 2.75) is 57.2 Å². The molecule has 0 bridgehead atoms. The maximum absolute atomic E-state index is 12.7. The van der Waals surface area contributed by atoms with Crippen molar-refractivity contribution >= 4 is 17.4 Å². The average molecular weight is 547 g/mol. The van der Waals surface area contributed by atoms with E-state index in [1.165, 1.54) is 0 Å². The van der Waals surface area contributed by atoms with Gasteiger partial charge >= 0.3 is 0 Å². The Hall–Kier alpha value is -3.21. The Labute approximate surface area is 234 Å². The summed E-state index contributed by atoms with van der Waals surface area (Å²) in [5, 5.41) is 11.5. The van der Waals surface area contributed by atoms with Crippen LogP contribution in [0.15, 0.2) is 30.5 Å². The van der Waals surface area contributed by atoms with Crippen LogP contribution in [0.4, 0.5) is 5.82 Å². The molecule has 1 aliphatic carbocycles. The molecule has 3 aliphatic heterocycles. The summed E-state index contributed by atoms with van der Waals surface area (Å²) < 4.78 is 19.3. The van der Waals surface area contributed by atoms with Crippen LogP contribution in [-0.2, 0) is 9.47 Å². The minimum atomic E-state index is -0.00102. The highest BCUT2D eigenvalue weighted by Gasteiger charge is 2.33. The van der Waals surface area contributed by atoms with Gasteiger partial charge in [0.25, 0.3) is 5.91 Å². The minimum Gasteiger partial charge on any atom is -0.473 e. The number of anilines is 1. The number of aromatic nitrogens is 3. The molecule has 4 fully saturated rings. The number of nitrogens with one attached hydrogen (secondary N) is 2. The van der Waals surface area contributed by atoms with Gasteiger partial charge in [-0.3, -0.25) is 9.69 Å². The van der Waals surface area contributed by atoms with E-state index in [4.69, 9.17) is 24.3 Å². The van der Waals surface area contributed by atoms with Crippen molar-refractivity contribution in [2.24, 2.45) is 5.92 Å². The van der Waals surface area contributed by atoms with Gasteiger partial charge in [0.05, 0.1) is 25.5 Å². The first kappa shape index (κ1) is 25.7. The highest BCUT2D eigenvalue weighted by Crippen LogP contribution is 2.31. The van der Waals surface area contributed by atoms with Crippen molar-refractivity contribution in [1.29, 1.82) is 0 Å². The van der Waals surface area contributed by atoms with Crippen LogP contribution < -0.4 is 15.4 Å². The van der Waals surface area contributed by atoms with Crippen LogP contribution in [0.25, 0.3) is 16.8 Å². The predicted molar refractivity (Wildman–Crippen MR) is 151 cm³/mol. The van der Waals surface area contributed by atoms with Gasteiger partial charge in [-0.1, -0.05) is 12.1 Å². The lowest BCUT2D eigenvalue weighted by molar-refractivity contribution is -0.0593. The third-order valence-corrected chi connectivity index (χ3v) is 8.66. The molecule has 7 rings (SSSR count). The number of aryl methyl sites for hydroxylation is 1. The summed E-state index contributed by atoms with van der Waals surface area (Å²) in [6.07, 6.45) is 7.18. The molecule has 2 N–H and O–H groups in total. The van der Waals surface area contributed by atoms with E-state index in [2.05, 4.69) is 21.6 Å². The van der Waals surface area contributed by atoms with Crippen molar-refractivity contribution in [3.05, 3.63) is 41.6 Å². The van der Waals surface area contributed by atoms with Gasteiger partial charge in [-0.2, -0.15) is 14.6 Å². The summed E-state index contributed by atoms with van der Waals surface area (Å²) in [5.74, 6) is 2.04. The molecule has 5 heterocycles. The zero-order chi connectivity index (χ0) is 27.1. The standard InChI is InChI=1S/C30H38N6O4/c1-19-12-21(2-5-25(19)30(37)33-22-3-4-22)26-15-32-36-27(31-14-20-7-10-38-11-8-20)13-28(34-29(26)36)40-24-6-9-35(16-24)23-17-39-18-23/h2,5,12-13,15,20,22-24,31H,3-4,6-11,14,16-18H2,1H3,(H,33,37)/t24-/m1/s1. The van der Waals surface area contributed by atoms with E-state index in [9.17, 15) is 4.79 Å². The van der Waals surface area contributed by atoms with Gasteiger partial charge < -0.3 is 24.8 Å². The second-order valence-corrected chi connectivity index (χ2v) is 11.7. The highest BCUT2D eigenvalue weighted by molar-refractivity contribution is 5.97. The third kappa shape index (κ3) is 5.40. The SMILES string of the molecule is Cc1cc(-c2cnn3c(NCC4CCOCC4)cc(O[C@@H]4CCN(C5COC5)C4)nc23)ccc1C(=O)NC1CC1. The lowest BCUT2D eigenvalue weighted by Gasteiger charge is -2.34. The fraction of sp³-hybridized carbons (Fsp3) is 0.567. The molecule has 3 aromatic rings. The maximum atomic E-state index is 12.7. The van der Waals surface area contributed by atoms with Crippen molar-refractivity contribution < 1.29 is 19.0 Å². The molecule has 2 aromatic heterocycles. The van der Waals surface area contributed by atoms with Gasteiger partial charge in [-0.25, -0.2) is 0 Å². The Morgan fingerprint density at radius 1 is 1.10 bits per heavy atom. The monoisotopic (exact) mass is 546 g/mol. The smallest absolute Gasteiger partial charge is 0.251 e. The number of hydrogen-bond donors (Lipinski definition) is 2. The number of hydrogen-bond acceptors (Lipinski definition) is 8. The first-order valence-corrected chi connectivity index (χ1v) is 14.7. The Morgan fingerprint density at radius 2 is 1.95 bits per heavy atom. The van der Waals surface area contributed by atoms with Crippen LogP contribution in [0.5, 0.6) is 5.88 Å². The molecule has 0 spiro atoms. The number of amides is 1. The van der Waals surface area contributed by atoms with Crippen molar-refractivity contribution in [2.75, 3.05) is 51.4 Å². The maximum Gasteiger partial charge on any atom is 0.251 e. The average Bonchev–Trinajstić information content (AvgIpc) is 3.46. The van der Waals surface area contributed by atoms with Crippen LogP contribution >= 0.6 is 0 Å². The quantitative estimate of drug-likeness (QED) is 0.422. The molecular weight excluding hydrogens is 508 g/mol. The molecule has 0 unspecified atom stereocenters. The molecule has 4 aliphatic rings.